The van der Waals surface area contributed by atoms with Gasteiger partial charge in [0.1, 0.15) is 0 Å². The van der Waals surface area contributed by atoms with Gasteiger partial charge in [0.2, 0.25) is 0 Å². The number of nitrogens with zero attached hydrogens (tertiary/aromatic N) is 2. The second kappa shape index (κ2) is 10.7. The Labute approximate surface area is 167 Å². The van der Waals surface area contributed by atoms with E-state index in [1.54, 1.807) is 0 Å². The van der Waals surface area contributed by atoms with Crippen molar-refractivity contribution in [2.75, 3.05) is 40.3 Å². The Morgan fingerprint density at radius 2 is 1.29 bits per heavy atom. The van der Waals surface area contributed by atoms with E-state index in [2.05, 4.69) is 79.2 Å². The van der Waals surface area contributed by atoms with Gasteiger partial charge in [0.05, 0.1) is 40.3 Å². The lowest BCUT2D eigenvalue weighted by Gasteiger charge is -2.52. The minimum absolute atomic E-state index is 0.293. The van der Waals surface area contributed by atoms with E-state index >= 15 is 0 Å². The van der Waals surface area contributed by atoms with Gasteiger partial charge in [0, 0.05) is 38.3 Å². The maximum absolute atomic E-state index is 4.09. The number of halogens is 2. The van der Waals surface area contributed by atoms with Crippen LogP contribution in [0.25, 0.3) is 0 Å². The van der Waals surface area contributed by atoms with Crippen LogP contribution in [-0.2, 0) is 0 Å². The average molecular weight is 464 g/mol. The molecular formula is C20H36Br2N2+2. The molecule has 1 unspecified atom stereocenters. The summed E-state index contributed by atoms with van der Waals surface area (Å²) in [5, 5.41) is 0. The lowest BCUT2D eigenvalue weighted by molar-refractivity contribution is -0.983. The van der Waals surface area contributed by atoms with Crippen molar-refractivity contribution >= 4 is 31.9 Å². The highest BCUT2D eigenvalue weighted by Gasteiger charge is 2.56. The average Bonchev–Trinajstić information content (AvgIpc) is 2.48. The summed E-state index contributed by atoms with van der Waals surface area (Å²) in [6.07, 6.45) is 11.5. The standard InChI is InChI=1S/C20H36Br2N2/c1-8-13-14-19(23(6,15-9-2)16-10-3)20(21,22)24(7,17-11-4)18-12-5/h9-12,19H,2-5,8,13-18H2,1,6-7H3/q+2. The van der Waals surface area contributed by atoms with Crippen molar-refractivity contribution in [3.8, 4) is 0 Å². The van der Waals surface area contributed by atoms with Gasteiger partial charge in [-0.25, -0.2) is 0 Å². The molecule has 0 radical (unpaired) electrons. The van der Waals surface area contributed by atoms with Gasteiger partial charge in [-0.1, -0.05) is 39.7 Å². The van der Waals surface area contributed by atoms with Crippen LogP contribution in [0.3, 0.4) is 0 Å². The van der Waals surface area contributed by atoms with Crippen LogP contribution in [0, 0.1) is 0 Å². The van der Waals surface area contributed by atoms with Crippen LogP contribution < -0.4 is 0 Å². The van der Waals surface area contributed by atoms with E-state index in [-0.39, 0.29) is 3.36 Å². The molecule has 0 spiro atoms. The molecule has 4 heteroatoms. The predicted molar refractivity (Wildman–Crippen MR) is 117 cm³/mol. The summed E-state index contributed by atoms with van der Waals surface area (Å²) in [5.74, 6) is 0. The van der Waals surface area contributed by atoms with Gasteiger partial charge in [-0.3, -0.25) is 4.48 Å². The van der Waals surface area contributed by atoms with E-state index in [0.29, 0.717) is 6.04 Å². The van der Waals surface area contributed by atoms with Crippen LogP contribution in [0.15, 0.2) is 50.6 Å². The third-order valence-corrected chi connectivity index (χ3v) is 7.63. The molecule has 138 valence electrons. The maximum Gasteiger partial charge on any atom is 0.260 e. The fraction of sp³-hybridized carbons (Fsp3) is 0.600. The first kappa shape index (κ1) is 23.8. The Balaban J connectivity index is 6.06. The number of alkyl halides is 2. The normalized spacial score (nSPS) is 14.0. The fourth-order valence-corrected chi connectivity index (χ4v) is 5.45. The lowest BCUT2D eigenvalue weighted by atomic mass is 10.0. The maximum atomic E-state index is 4.09. The molecule has 0 aliphatic carbocycles. The van der Waals surface area contributed by atoms with E-state index in [0.717, 1.165) is 41.6 Å². The largest absolute Gasteiger partial charge is 0.310 e. The summed E-state index contributed by atoms with van der Waals surface area (Å²) in [6.45, 7) is 21.7. The van der Waals surface area contributed by atoms with Gasteiger partial charge in [-0.15, -0.1) is 0 Å². The monoisotopic (exact) mass is 462 g/mol. The summed E-state index contributed by atoms with van der Waals surface area (Å²) in [5.41, 5.74) is 0. The summed E-state index contributed by atoms with van der Waals surface area (Å²) >= 11 is 8.18. The molecule has 0 bridgehead atoms. The molecule has 1 atom stereocenters. The Kier molecular flexibility index (Phi) is 10.7. The quantitative estimate of drug-likeness (QED) is 0.135. The first-order valence-electron chi connectivity index (χ1n) is 8.69. The second-order valence-electron chi connectivity index (χ2n) is 7.01. The van der Waals surface area contributed by atoms with Gasteiger partial charge >= 0.3 is 0 Å². The zero-order valence-electron chi connectivity index (χ0n) is 15.8. The molecule has 2 nitrogen and oxygen atoms in total. The molecular weight excluding hydrogens is 428 g/mol. The van der Waals surface area contributed by atoms with Crippen molar-refractivity contribution in [3.05, 3.63) is 50.6 Å². The summed E-state index contributed by atoms with van der Waals surface area (Å²) < 4.78 is 1.33. The molecule has 0 aromatic carbocycles. The Morgan fingerprint density at radius 1 is 0.875 bits per heavy atom. The van der Waals surface area contributed by atoms with E-state index in [1.807, 2.05) is 24.3 Å². The van der Waals surface area contributed by atoms with E-state index in [4.69, 9.17) is 0 Å². The third-order valence-electron chi connectivity index (χ3n) is 4.86. The van der Waals surface area contributed by atoms with Gasteiger partial charge in [-0.2, -0.15) is 0 Å². The highest BCUT2D eigenvalue weighted by Crippen LogP contribution is 2.45. The highest BCUT2D eigenvalue weighted by molar-refractivity contribution is 9.25. The number of hydrogen-bond donors (Lipinski definition) is 0. The first-order valence-corrected chi connectivity index (χ1v) is 10.3. The van der Waals surface area contributed by atoms with Crippen LogP contribution in [-0.4, -0.2) is 58.6 Å². The molecule has 0 aliphatic heterocycles. The van der Waals surface area contributed by atoms with Crippen molar-refractivity contribution < 1.29 is 8.97 Å². The van der Waals surface area contributed by atoms with Gasteiger partial charge in [-0.05, 0) is 30.7 Å². The summed E-state index contributed by atoms with van der Waals surface area (Å²) in [4.78, 5) is 0. The number of hydrogen-bond acceptors (Lipinski definition) is 0. The minimum Gasteiger partial charge on any atom is -0.310 e. The molecule has 24 heavy (non-hydrogen) atoms. The van der Waals surface area contributed by atoms with Crippen molar-refractivity contribution in [2.24, 2.45) is 0 Å². The third kappa shape index (κ3) is 5.69. The first-order chi connectivity index (χ1) is 11.2. The van der Waals surface area contributed by atoms with Crippen LogP contribution >= 0.6 is 31.9 Å². The topological polar surface area (TPSA) is 0 Å². The molecule has 0 amide bonds. The zero-order chi connectivity index (χ0) is 18.9. The predicted octanol–water partition coefficient (Wildman–Crippen LogP) is 5.63. The number of quaternary nitrogens is 2. The van der Waals surface area contributed by atoms with Crippen LogP contribution in [0.4, 0.5) is 0 Å². The van der Waals surface area contributed by atoms with Gasteiger partial charge in [0.25, 0.3) is 3.36 Å². The molecule has 0 heterocycles. The van der Waals surface area contributed by atoms with E-state index in [1.165, 1.54) is 12.8 Å². The van der Waals surface area contributed by atoms with Crippen molar-refractivity contribution in [1.82, 2.24) is 0 Å². The smallest absolute Gasteiger partial charge is 0.260 e. The van der Waals surface area contributed by atoms with Gasteiger partial charge < -0.3 is 4.48 Å². The zero-order valence-corrected chi connectivity index (χ0v) is 19.0. The van der Waals surface area contributed by atoms with Crippen molar-refractivity contribution in [2.45, 2.75) is 35.6 Å². The second-order valence-corrected chi connectivity index (χ2v) is 10.5. The number of likely N-dealkylation sites (N-methyl/N-ethyl adjacent to an activating group) is 2. The van der Waals surface area contributed by atoms with Gasteiger partial charge in [0.15, 0.2) is 6.04 Å². The summed E-state index contributed by atoms with van der Waals surface area (Å²) in [7, 11) is 4.55. The van der Waals surface area contributed by atoms with E-state index < -0.39 is 0 Å². The lowest BCUT2D eigenvalue weighted by Crippen LogP contribution is -2.69. The summed E-state index contributed by atoms with van der Waals surface area (Å²) in [6, 6.07) is 0.346. The SMILES string of the molecule is C=CC[N+](C)(CC=C)C(CCCC)C(Br)(Br)[N+](C)(CC=C)CC=C. The van der Waals surface area contributed by atoms with E-state index in [9.17, 15) is 0 Å². The molecule has 0 saturated heterocycles. The Hall–Kier alpha value is -0.160. The minimum atomic E-state index is -0.293. The molecule has 0 aromatic heterocycles. The number of unbranched alkanes of at least 4 members (excludes halogenated alkanes) is 1. The molecule has 0 rings (SSSR count). The fourth-order valence-electron chi connectivity index (χ4n) is 3.42. The molecule has 0 fully saturated rings. The van der Waals surface area contributed by atoms with Crippen LogP contribution in [0.5, 0.6) is 0 Å². The highest BCUT2D eigenvalue weighted by atomic mass is 79.9. The molecule has 0 aromatic rings. The Morgan fingerprint density at radius 3 is 1.62 bits per heavy atom. The van der Waals surface area contributed by atoms with Crippen LogP contribution in [0.2, 0.25) is 0 Å². The van der Waals surface area contributed by atoms with Crippen molar-refractivity contribution in [1.29, 1.82) is 0 Å². The Bertz CT molecular complexity index is 409. The van der Waals surface area contributed by atoms with Crippen molar-refractivity contribution in [3.63, 3.8) is 0 Å². The molecule has 0 saturated carbocycles. The van der Waals surface area contributed by atoms with Crippen LogP contribution in [0.1, 0.15) is 26.2 Å². The molecule has 0 aliphatic rings. The molecule has 0 N–H and O–H groups in total. The number of rotatable bonds is 14.